The van der Waals surface area contributed by atoms with E-state index < -0.39 is 45.5 Å². The molecule has 1 aromatic heterocycles. The molecule has 248 valence electrons. The Kier molecular flexibility index (Phi) is 9.85. The first kappa shape index (κ1) is 33.5. The van der Waals surface area contributed by atoms with Crippen LogP contribution in [0.25, 0.3) is 10.8 Å². The molecule has 0 radical (unpaired) electrons. The van der Waals surface area contributed by atoms with Gasteiger partial charge in [-0.15, -0.1) is 0 Å². The molecule has 1 aliphatic rings. The van der Waals surface area contributed by atoms with E-state index in [1.807, 2.05) is 0 Å². The van der Waals surface area contributed by atoms with Crippen molar-refractivity contribution in [3.05, 3.63) is 83.8 Å². The number of carbonyl (C=O) groups excluding carboxylic acids is 2. The van der Waals surface area contributed by atoms with Gasteiger partial charge < -0.3 is 30.2 Å². The molecule has 13 heteroatoms. The number of nitrogens with one attached hydrogen (secondary N) is 1. The smallest absolute Gasteiger partial charge is 0.311 e. The van der Waals surface area contributed by atoms with Gasteiger partial charge in [0, 0.05) is 35.4 Å². The first-order valence-electron chi connectivity index (χ1n) is 15.2. The molecule has 11 nitrogen and oxygen atoms in total. The molecule has 3 N–H and O–H groups in total. The fourth-order valence-electron chi connectivity index (χ4n) is 6.07. The number of amides is 1. The topological polar surface area (TPSA) is 150 Å². The molecule has 1 aliphatic heterocycles. The molecular weight excluding hydrogens is 627 g/mol. The second-order valence-corrected chi connectivity index (χ2v) is 13.2. The van der Waals surface area contributed by atoms with Crippen molar-refractivity contribution < 1.29 is 36.6 Å². The van der Waals surface area contributed by atoms with Gasteiger partial charge in [-0.3, -0.25) is 9.59 Å². The molecule has 1 amide bonds. The largest absolute Gasteiger partial charge is 0.493 e. The zero-order chi connectivity index (χ0) is 33.9. The Morgan fingerprint density at radius 1 is 1.06 bits per heavy atom. The lowest BCUT2D eigenvalue weighted by Crippen LogP contribution is -2.40. The number of rotatable bonds is 11. The van der Waals surface area contributed by atoms with Crippen LogP contribution in [-0.4, -0.2) is 63.3 Å². The summed E-state index contributed by atoms with van der Waals surface area (Å²) in [6.07, 6.45) is 1.77. The van der Waals surface area contributed by atoms with Crippen LogP contribution in [0.5, 0.6) is 11.5 Å². The molecule has 0 aliphatic carbocycles. The standard InChI is InChI=1S/C34H37FN4O7S/c1-5-46-34(41)24-14-16-39(31(24)23-9-7-8-10-29(23)47(42,43)6-2)33(40)30(25-18-27(44-3)28(45-4)19-26(25)35)38-21-11-12-22-20(17-21)13-15-37-32(22)36/h7-13,15,17-19,24,30-31,38H,5-6,14,16H2,1-4H3,(H2,36,37)/t24-,30-,31-/m0/s1. The lowest BCUT2D eigenvalue weighted by molar-refractivity contribution is -0.149. The highest BCUT2D eigenvalue weighted by molar-refractivity contribution is 7.91. The number of hydrogen-bond acceptors (Lipinski definition) is 10. The second-order valence-electron chi connectivity index (χ2n) is 11.0. The van der Waals surface area contributed by atoms with Gasteiger partial charge in [-0.2, -0.15) is 0 Å². The van der Waals surface area contributed by atoms with Crippen molar-refractivity contribution in [2.24, 2.45) is 5.92 Å². The van der Waals surface area contributed by atoms with Crippen LogP contribution in [-0.2, 0) is 24.2 Å². The molecule has 1 saturated heterocycles. The van der Waals surface area contributed by atoms with E-state index >= 15 is 4.39 Å². The summed E-state index contributed by atoms with van der Waals surface area (Å²) < 4.78 is 58.5. The number of halogens is 1. The Morgan fingerprint density at radius 2 is 1.79 bits per heavy atom. The number of likely N-dealkylation sites (tertiary alicyclic amines) is 1. The Labute approximate surface area is 272 Å². The average molecular weight is 665 g/mol. The van der Waals surface area contributed by atoms with Gasteiger partial charge in [0.15, 0.2) is 21.3 Å². The van der Waals surface area contributed by atoms with E-state index in [0.717, 1.165) is 11.5 Å². The zero-order valence-corrected chi connectivity index (χ0v) is 27.3. The molecule has 5 rings (SSSR count). The highest BCUT2D eigenvalue weighted by atomic mass is 32.2. The molecule has 0 saturated carbocycles. The number of fused-ring (bicyclic) bond motifs is 1. The molecule has 0 unspecified atom stereocenters. The van der Waals surface area contributed by atoms with Crippen LogP contribution in [0.2, 0.25) is 0 Å². The third-order valence-corrected chi connectivity index (χ3v) is 10.2. The maximum Gasteiger partial charge on any atom is 0.311 e. The van der Waals surface area contributed by atoms with Crippen LogP contribution in [0.1, 0.15) is 43.5 Å². The highest BCUT2D eigenvalue weighted by Crippen LogP contribution is 2.43. The minimum atomic E-state index is -3.76. The second kappa shape index (κ2) is 13.8. The molecular formula is C34H37FN4O7S. The van der Waals surface area contributed by atoms with E-state index in [4.69, 9.17) is 19.9 Å². The molecule has 2 heterocycles. The first-order valence-corrected chi connectivity index (χ1v) is 16.8. The molecule has 3 atom stereocenters. The van der Waals surface area contributed by atoms with Crippen molar-refractivity contribution >= 4 is 44.0 Å². The number of nitrogen functional groups attached to an aromatic ring is 1. The third kappa shape index (κ3) is 6.53. The lowest BCUT2D eigenvalue weighted by atomic mass is 9.93. The van der Waals surface area contributed by atoms with Crippen LogP contribution >= 0.6 is 0 Å². The van der Waals surface area contributed by atoms with E-state index in [2.05, 4.69) is 10.3 Å². The quantitative estimate of drug-likeness (QED) is 0.208. The number of sulfone groups is 1. The zero-order valence-electron chi connectivity index (χ0n) is 26.5. The number of esters is 1. The number of methoxy groups -OCH3 is 2. The van der Waals surface area contributed by atoms with E-state index in [-0.39, 0.29) is 47.3 Å². The van der Waals surface area contributed by atoms with E-state index in [1.165, 1.54) is 38.2 Å². The number of ether oxygens (including phenoxy) is 3. The molecule has 4 aromatic rings. The fourth-order valence-corrected chi connectivity index (χ4v) is 7.22. The van der Waals surface area contributed by atoms with Gasteiger partial charge in [-0.05, 0) is 60.7 Å². The van der Waals surface area contributed by atoms with E-state index in [0.29, 0.717) is 22.5 Å². The van der Waals surface area contributed by atoms with Crippen molar-refractivity contribution in [2.75, 3.05) is 44.2 Å². The maximum atomic E-state index is 15.9. The SMILES string of the molecule is CCOC(=O)[C@H]1CCN(C(=O)[C@@H](Nc2ccc3c(N)nccc3c2)c2cc(OC)c(OC)cc2F)[C@H]1c1ccccc1S(=O)(=O)CC. The van der Waals surface area contributed by atoms with Gasteiger partial charge in [0.2, 0.25) is 5.91 Å². The number of anilines is 2. The van der Waals surface area contributed by atoms with Gasteiger partial charge in [0.25, 0.3) is 0 Å². The Hall–Kier alpha value is -4.91. The molecule has 0 spiro atoms. The summed E-state index contributed by atoms with van der Waals surface area (Å²) in [4.78, 5) is 33.7. The monoisotopic (exact) mass is 664 g/mol. The average Bonchev–Trinajstić information content (AvgIpc) is 3.52. The van der Waals surface area contributed by atoms with Gasteiger partial charge >= 0.3 is 5.97 Å². The van der Waals surface area contributed by atoms with Gasteiger partial charge in [0.1, 0.15) is 17.7 Å². The van der Waals surface area contributed by atoms with Crippen molar-refractivity contribution in [3.8, 4) is 11.5 Å². The number of carbonyl (C=O) groups is 2. The predicted molar refractivity (Wildman–Crippen MR) is 175 cm³/mol. The number of hydrogen-bond donors (Lipinski definition) is 2. The van der Waals surface area contributed by atoms with E-state index in [9.17, 15) is 18.0 Å². The van der Waals surface area contributed by atoms with Crippen LogP contribution in [0.4, 0.5) is 15.9 Å². The maximum absolute atomic E-state index is 15.9. The van der Waals surface area contributed by atoms with Crippen molar-refractivity contribution in [2.45, 2.75) is 37.2 Å². The summed E-state index contributed by atoms with van der Waals surface area (Å²) in [7, 11) is -0.982. The van der Waals surface area contributed by atoms with E-state index in [1.54, 1.807) is 55.6 Å². The summed E-state index contributed by atoms with van der Waals surface area (Å²) >= 11 is 0. The summed E-state index contributed by atoms with van der Waals surface area (Å²) in [6, 6.07) is 13.5. The molecule has 0 bridgehead atoms. The minimum absolute atomic E-state index is 0.0176. The number of benzene rings is 3. The summed E-state index contributed by atoms with van der Waals surface area (Å²) in [5, 5.41) is 4.62. The first-order chi connectivity index (χ1) is 22.5. The van der Waals surface area contributed by atoms with Crippen LogP contribution < -0.4 is 20.5 Å². The van der Waals surface area contributed by atoms with Crippen LogP contribution in [0, 0.1) is 11.7 Å². The molecule has 1 fully saturated rings. The summed E-state index contributed by atoms with van der Waals surface area (Å²) in [6.45, 7) is 3.39. The fraction of sp³-hybridized carbons (Fsp3) is 0.324. The molecule has 47 heavy (non-hydrogen) atoms. The third-order valence-electron chi connectivity index (χ3n) is 8.39. The van der Waals surface area contributed by atoms with Gasteiger partial charge in [0.05, 0.1) is 43.4 Å². The van der Waals surface area contributed by atoms with Gasteiger partial charge in [-0.1, -0.05) is 25.1 Å². The number of aromatic nitrogens is 1. The van der Waals surface area contributed by atoms with Gasteiger partial charge in [-0.25, -0.2) is 17.8 Å². The van der Waals surface area contributed by atoms with Crippen molar-refractivity contribution in [1.29, 1.82) is 0 Å². The van der Waals surface area contributed by atoms with Crippen molar-refractivity contribution in [1.82, 2.24) is 9.88 Å². The number of nitrogens with zero attached hydrogens (tertiary/aromatic N) is 2. The minimum Gasteiger partial charge on any atom is -0.493 e. The summed E-state index contributed by atoms with van der Waals surface area (Å²) in [5.74, 6) is -2.27. The Bertz CT molecular complexity index is 1920. The highest BCUT2D eigenvalue weighted by Gasteiger charge is 2.46. The summed E-state index contributed by atoms with van der Waals surface area (Å²) in [5.41, 5.74) is 6.76. The lowest BCUT2D eigenvalue weighted by Gasteiger charge is -2.33. The Morgan fingerprint density at radius 3 is 2.49 bits per heavy atom. The molecule has 3 aromatic carbocycles. The predicted octanol–water partition coefficient (Wildman–Crippen LogP) is 5.07. The number of pyridine rings is 1. The van der Waals surface area contributed by atoms with Crippen molar-refractivity contribution in [3.63, 3.8) is 0 Å². The number of nitrogens with two attached hydrogens (primary N) is 1. The van der Waals surface area contributed by atoms with Crippen LogP contribution in [0.15, 0.2) is 71.8 Å². The normalized spacial score (nSPS) is 16.9. The van der Waals surface area contributed by atoms with Crippen LogP contribution in [0.3, 0.4) is 0 Å². The Balaban J connectivity index is 1.67.